The van der Waals surface area contributed by atoms with Gasteiger partial charge in [-0.2, -0.15) is 5.10 Å². The summed E-state index contributed by atoms with van der Waals surface area (Å²) in [6.07, 6.45) is 10.4. The van der Waals surface area contributed by atoms with Crippen molar-refractivity contribution in [3.63, 3.8) is 0 Å². The minimum atomic E-state index is -0.382. The molecule has 5 aliphatic rings. The van der Waals surface area contributed by atoms with Crippen molar-refractivity contribution in [2.24, 2.45) is 17.3 Å². The Balaban J connectivity index is 1.23. The van der Waals surface area contributed by atoms with Crippen LogP contribution in [0.15, 0.2) is 43.0 Å². The fourth-order valence-corrected chi connectivity index (χ4v) is 8.46. The Hall–Kier alpha value is -3.23. The molecule has 3 unspecified atom stereocenters. The Morgan fingerprint density at radius 1 is 1.03 bits per heavy atom. The van der Waals surface area contributed by atoms with Crippen LogP contribution >= 0.6 is 0 Å². The van der Waals surface area contributed by atoms with E-state index in [0.29, 0.717) is 44.4 Å². The van der Waals surface area contributed by atoms with E-state index in [9.17, 15) is 14.4 Å². The van der Waals surface area contributed by atoms with Crippen molar-refractivity contribution in [1.82, 2.24) is 29.9 Å². The molecule has 202 valence electrons. The molecule has 4 saturated carbocycles. The Labute approximate surface area is 224 Å². The summed E-state index contributed by atoms with van der Waals surface area (Å²) >= 11 is 0. The molecule has 9 nitrogen and oxygen atoms in total. The number of benzene rings is 1. The molecule has 2 aromatic rings. The van der Waals surface area contributed by atoms with Gasteiger partial charge in [-0.3, -0.25) is 14.4 Å². The Kier molecular flexibility index (Phi) is 6.48. The fraction of sp³-hybridized carbons (Fsp3) is 0.621. The second-order valence-corrected chi connectivity index (χ2v) is 12.1. The van der Waals surface area contributed by atoms with Gasteiger partial charge in [-0.25, -0.2) is 9.67 Å². The highest BCUT2D eigenvalue weighted by atomic mass is 16.2. The SMILES string of the molecule is CC(=O)N1CCCN(C(=O)C23CC4CC(C2)CC(n2cncn2)(C4)C3)CCNC(=O)CC1c1ccccc1. The standard InChI is InChI=1S/C29H38N6O3/c1-21(36)34-10-5-9-33(11-8-31-26(37)13-25(34)24-6-3-2-4-7-24)27(38)28-14-22-12-23(15-28)17-29(16-22,18-28)35-20-30-19-32-35/h2-4,6-7,19-20,22-23,25H,5,8-18H2,1H3,(H,31,37). The van der Waals surface area contributed by atoms with E-state index in [1.807, 2.05) is 46.2 Å². The Bertz CT molecular complexity index is 1170. The van der Waals surface area contributed by atoms with Crippen LogP contribution in [0.5, 0.6) is 0 Å². The van der Waals surface area contributed by atoms with Crippen LogP contribution in [0.3, 0.4) is 0 Å². The fourth-order valence-electron chi connectivity index (χ4n) is 8.46. The van der Waals surface area contributed by atoms with Gasteiger partial charge in [0.05, 0.1) is 23.4 Å². The molecule has 9 heteroatoms. The molecule has 5 fully saturated rings. The number of rotatable bonds is 3. The summed E-state index contributed by atoms with van der Waals surface area (Å²) < 4.78 is 2.04. The topological polar surface area (TPSA) is 100 Å². The number of carbonyl (C=O) groups is 3. The van der Waals surface area contributed by atoms with E-state index < -0.39 is 0 Å². The molecule has 3 atom stereocenters. The predicted molar refractivity (Wildman–Crippen MR) is 141 cm³/mol. The molecule has 4 aliphatic carbocycles. The maximum atomic E-state index is 14.4. The van der Waals surface area contributed by atoms with E-state index in [1.165, 1.54) is 6.42 Å². The van der Waals surface area contributed by atoms with Crippen molar-refractivity contribution >= 4 is 17.7 Å². The summed E-state index contributed by atoms with van der Waals surface area (Å²) in [7, 11) is 0. The second kappa shape index (κ2) is 9.82. The maximum absolute atomic E-state index is 14.4. The summed E-state index contributed by atoms with van der Waals surface area (Å²) in [5.74, 6) is 1.14. The van der Waals surface area contributed by atoms with Gasteiger partial charge in [0.15, 0.2) is 0 Å². The number of hydrogen-bond donors (Lipinski definition) is 1. The van der Waals surface area contributed by atoms with E-state index in [0.717, 1.165) is 37.7 Å². The zero-order valence-electron chi connectivity index (χ0n) is 22.2. The van der Waals surface area contributed by atoms with Gasteiger partial charge in [0.25, 0.3) is 0 Å². The first kappa shape index (κ1) is 25.1. The van der Waals surface area contributed by atoms with Crippen molar-refractivity contribution in [2.75, 3.05) is 26.2 Å². The van der Waals surface area contributed by atoms with Gasteiger partial charge < -0.3 is 15.1 Å². The summed E-state index contributed by atoms with van der Waals surface area (Å²) in [5.41, 5.74) is 0.456. The van der Waals surface area contributed by atoms with Crippen LogP contribution in [0.25, 0.3) is 0 Å². The smallest absolute Gasteiger partial charge is 0.228 e. The van der Waals surface area contributed by atoms with Crippen LogP contribution in [0.4, 0.5) is 0 Å². The van der Waals surface area contributed by atoms with Crippen LogP contribution in [0.2, 0.25) is 0 Å². The monoisotopic (exact) mass is 518 g/mol. The van der Waals surface area contributed by atoms with Gasteiger partial charge in [0, 0.05) is 33.1 Å². The molecule has 4 bridgehead atoms. The zero-order valence-corrected chi connectivity index (χ0v) is 22.2. The quantitative estimate of drug-likeness (QED) is 0.674. The number of nitrogens with zero attached hydrogens (tertiary/aromatic N) is 5. The van der Waals surface area contributed by atoms with Gasteiger partial charge in [-0.1, -0.05) is 30.3 Å². The molecule has 38 heavy (non-hydrogen) atoms. The minimum Gasteiger partial charge on any atom is -0.354 e. The first-order valence-corrected chi connectivity index (χ1v) is 14.1. The predicted octanol–water partition coefficient (Wildman–Crippen LogP) is 2.90. The molecular weight excluding hydrogens is 480 g/mol. The van der Waals surface area contributed by atoms with E-state index in [2.05, 4.69) is 15.4 Å². The highest BCUT2D eigenvalue weighted by Gasteiger charge is 2.62. The van der Waals surface area contributed by atoms with Gasteiger partial charge in [0.2, 0.25) is 17.7 Å². The molecule has 1 N–H and O–H groups in total. The lowest BCUT2D eigenvalue weighted by Crippen LogP contribution is -2.61. The van der Waals surface area contributed by atoms with Crippen molar-refractivity contribution in [3.05, 3.63) is 48.5 Å². The minimum absolute atomic E-state index is 0.0559. The van der Waals surface area contributed by atoms with E-state index >= 15 is 0 Å². The van der Waals surface area contributed by atoms with Crippen molar-refractivity contribution in [1.29, 1.82) is 0 Å². The van der Waals surface area contributed by atoms with Gasteiger partial charge in [-0.15, -0.1) is 0 Å². The van der Waals surface area contributed by atoms with Crippen LogP contribution in [-0.2, 0) is 19.9 Å². The number of carbonyl (C=O) groups excluding carboxylic acids is 3. The summed E-state index contributed by atoms with van der Waals surface area (Å²) in [6.45, 7) is 3.56. The van der Waals surface area contributed by atoms with E-state index in [-0.39, 0.29) is 41.1 Å². The number of amides is 3. The number of aromatic nitrogens is 3. The summed E-state index contributed by atoms with van der Waals surface area (Å²) in [5, 5.41) is 7.57. The van der Waals surface area contributed by atoms with Crippen LogP contribution in [0, 0.1) is 17.3 Å². The molecule has 0 radical (unpaired) electrons. The van der Waals surface area contributed by atoms with Crippen molar-refractivity contribution < 1.29 is 14.4 Å². The molecule has 0 spiro atoms. The van der Waals surface area contributed by atoms with Crippen LogP contribution in [0.1, 0.15) is 69.9 Å². The molecule has 3 amide bonds. The second-order valence-electron chi connectivity index (χ2n) is 12.1. The van der Waals surface area contributed by atoms with E-state index in [4.69, 9.17) is 0 Å². The molecule has 7 rings (SSSR count). The first-order chi connectivity index (χ1) is 18.4. The van der Waals surface area contributed by atoms with Gasteiger partial charge >= 0.3 is 0 Å². The Morgan fingerprint density at radius 2 is 1.79 bits per heavy atom. The molecule has 1 aromatic carbocycles. The number of nitrogens with one attached hydrogen (secondary N) is 1. The average Bonchev–Trinajstić information content (AvgIpc) is 3.43. The van der Waals surface area contributed by atoms with E-state index in [1.54, 1.807) is 18.2 Å². The largest absolute Gasteiger partial charge is 0.354 e. The number of hydrogen-bond acceptors (Lipinski definition) is 5. The Morgan fingerprint density at radius 3 is 2.47 bits per heavy atom. The third-order valence-electron chi connectivity index (χ3n) is 9.55. The molecular formula is C29H38N6O3. The first-order valence-electron chi connectivity index (χ1n) is 14.1. The zero-order chi connectivity index (χ0) is 26.3. The summed E-state index contributed by atoms with van der Waals surface area (Å²) in [4.78, 5) is 48.1. The molecule has 2 heterocycles. The molecule has 1 aromatic heterocycles. The van der Waals surface area contributed by atoms with Crippen LogP contribution < -0.4 is 5.32 Å². The lowest BCUT2D eigenvalue weighted by atomic mass is 9.46. The third kappa shape index (κ3) is 4.50. The highest BCUT2D eigenvalue weighted by Crippen LogP contribution is 2.64. The van der Waals surface area contributed by atoms with Gasteiger partial charge in [-0.05, 0) is 62.3 Å². The lowest BCUT2D eigenvalue weighted by molar-refractivity contribution is -0.166. The lowest BCUT2D eigenvalue weighted by Gasteiger charge is -2.61. The summed E-state index contributed by atoms with van der Waals surface area (Å²) in [6, 6.07) is 9.45. The molecule has 1 aliphatic heterocycles. The maximum Gasteiger partial charge on any atom is 0.228 e. The highest BCUT2D eigenvalue weighted by molar-refractivity contribution is 5.84. The average molecular weight is 519 g/mol. The normalized spacial score (nSPS) is 33.5. The van der Waals surface area contributed by atoms with Gasteiger partial charge in [0.1, 0.15) is 12.7 Å². The van der Waals surface area contributed by atoms with Crippen LogP contribution in [-0.4, -0.2) is 68.5 Å². The third-order valence-corrected chi connectivity index (χ3v) is 9.55. The molecule has 1 saturated heterocycles. The van der Waals surface area contributed by atoms with Crippen molar-refractivity contribution in [2.45, 2.75) is 69.9 Å². The van der Waals surface area contributed by atoms with Crippen molar-refractivity contribution in [3.8, 4) is 0 Å².